The summed E-state index contributed by atoms with van der Waals surface area (Å²) in [6.07, 6.45) is 8.91. The van der Waals surface area contributed by atoms with E-state index in [0.29, 0.717) is 6.04 Å². The van der Waals surface area contributed by atoms with E-state index >= 15 is 0 Å². The summed E-state index contributed by atoms with van der Waals surface area (Å²) in [6, 6.07) is 9.55. The smallest absolute Gasteiger partial charge is 0.0351 e. The van der Waals surface area contributed by atoms with Crippen LogP contribution in [0, 0.1) is 0 Å². The molecule has 2 atom stereocenters. The lowest BCUT2D eigenvalue weighted by Crippen LogP contribution is -2.41. The van der Waals surface area contributed by atoms with Gasteiger partial charge in [-0.3, -0.25) is 0 Å². The maximum absolute atomic E-state index is 3.79. The fourth-order valence-electron chi connectivity index (χ4n) is 3.40. The summed E-state index contributed by atoms with van der Waals surface area (Å²) in [5, 5.41) is 3.79. The Kier molecular flexibility index (Phi) is 3.51. The second-order valence-electron chi connectivity index (χ2n) is 5.61. The highest BCUT2D eigenvalue weighted by Crippen LogP contribution is 2.41. The Morgan fingerprint density at radius 2 is 2.22 bits per heavy atom. The van der Waals surface area contributed by atoms with Gasteiger partial charge in [-0.25, -0.2) is 0 Å². The van der Waals surface area contributed by atoms with Crippen LogP contribution in [-0.4, -0.2) is 12.6 Å². The minimum atomic E-state index is 0.599. The van der Waals surface area contributed by atoms with Crippen molar-refractivity contribution in [3.05, 3.63) is 47.0 Å². The van der Waals surface area contributed by atoms with Crippen LogP contribution in [0.25, 0.3) is 0 Å². The van der Waals surface area contributed by atoms with Crippen LogP contribution < -0.4 is 5.32 Å². The first-order valence-corrected chi connectivity index (χ1v) is 7.40. The molecule has 0 heterocycles. The fourth-order valence-corrected chi connectivity index (χ4v) is 3.40. The number of fused-ring (bicyclic) bond motifs is 1. The number of benzene rings is 1. The molecule has 2 unspecified atom stereocenters. The number of rotatable bonds is 5. The topological polar surface area (TPSA) is 12.0 Å². The van der Waals surface area contributed by atoms with E-state index in [4.69, 9.17) is 0 Å². The third-order valence-corrected chi connectivity index (χ3v) is 4.39. The molecule has 1 nitrogen and oxygen atoms in total. The zero-order valence-corrected chi connectivity index (χ0v) is 11.3. The number of hydrogen-bond acceptors (Lipinski definition) is 1. The van der Waals surface area contributed by atoms with Crippen LogP contribution in [-0.2, 0) is 6.42 Å². The molecule has 0 aliphatic heterocycles. The highest BCUT2D eigenvalue weighted by molar-refractivity contribution is 5.43. The molecule has 2 aliphatic rings. The van der Waals surface area contributed by atoms with E-state index in [1.54, 1.807) is 16.7 Å². The van der Waals surface area contributed by atoms with Gasteiger partial charge < -0.3 is 5.32 Å². The second-order valence-corrected chi connectivity index (χ2v) is 5.61. The minimum absolute atomic E-state index is 0.599. The van der Waals surface area contributed by atoms with Gasteiger partial charge in [-0.1, -0.05) is 42.8 Å². The molecular weight excluding hydrogens is 218 g/mol. The molecule has 0 aromatic heterocycles. The Balaban J connectivity index is 1.78. The van der Waals surface area contributed by atoms with E-state index in [-0.39, 0.29) is 0 Å². The first kappa shape index (κ1) is 12.0. The van der Waals surface area contributed by atoms with Gasteiger partial charge in [0, 0.05) is 12.0 Å². The molecule has 0 fully saturated rings. The highest BCUT2D eigenvalue weighted by Gasteiger charge is 2.34. The fraction of sp³-hybridized carbons (Fsp3) is 0.529. The average Bonchev–Trinajstić information content (AvgIpc) is 2.88. The van der Waals surface area contributed by atoms with Crippen LogP contribution in [0.15, 0.2) is 35.9 Å². The first-order valence-electron chi connectivity index (χ1n) is 7.40. The van der Waals surface area contributed by atoms with Gasteiger partial charge in [-0.05, 0) is 49.8 Å². The summed E-state index contributed by atoms with van der Waals surface area (Å²) in [7, 11) is 0. The number of hydrogen-bond donors (Lipinski definition) is 1. The Labute approximate surface area is 110 Å². The summed E-state index contributed by atoms with van der Waals surface area (Å²) in [5.41, 5.74) is 4.81. The third kappa shape index (κ3) is 2.12. The van der Waals surface area contributed by atoms with Gasteiger partial charge in [0.2, 0.25) is 0 Å². The molecular formula is C17H23N. The van der Waals surface area contributed by atoms with E-state index in [9.17, 15) is 0 Å². The summed E-state index contributed by atoms with van der Waals surface area (Å²) >= 11 is 0. The van der Waals surface area contributed by atoms with Crippen LogP contribution in [0.1, 0.15) is 49.7 Å². The molecule has 1 heteroatoms. The van der Waals surface area contributed by atoms with Crippen molar-refractivity contribution in [2.75, 3.05) is 6.54 Å². The van der Waals surface area contributed by atoms with Gasteiger partial charge in [0.05, 0.1) is 0 Å². The standard InChI is InChI=1S/C17H23N/c1-2-11-18-17(13-7-3-4-8-13)16-12-14-9-5-6-10-15(14)16/h5-7,9-10,16-18H,2-4,8,11-12H2,1H3. The van der Waals surface area contributed by atoms with Crippen molar-refractivity contribution in [2.45, 2.75) is 51.0 Å². The minimum Gasteiger partial charge on any atom is -0.310 e. The average molecular weight is 241 g/mol. The van der Waals surface area contributed by atoms with Crippen molar-refractivity contribution < 1.29 is 0 Å². The van der Waals surface area contributed by atoms with E-state index in [2.05, 4.69) is 42.6 Å². The Bertz CT molecular complexity index is 447. The lowest BCUT2D eigenvalue weighted by molar-refractivity contribution is 0.436. The lowest BCUT2D eigenvalue weighted by atomic mass is 9.71. The van der Waals surface area contributed by atoms with E-state index < -0.39 is 0 Å². The Morgan fingerprint density at radius 1 is 1.33 bits per heavy atom. The van der Waals surface area contributed by atoms with Gasteiger partial charge in [-0.2, -0.15) is 0 Å². The first-order chi connectivity index (χ1) is 8.90. The van der Waals surface area contributed by atoms with Crippen LogP contribution >= 0.6 is 0 Å². The lowest BCUT2D eigenvalue weighted by Gasteiger charge is -2.38. The molecule has 0 amide bonds. The maximum atomic E-state index is 3.79. The predicted octanol–water partition coefficient (Wildman–Crippen LogP) is 3.80. The van der Waals surface area contributed by atoms with Crippen molar-refractivity contribution >= 4 is 0 Å². The largest absolute Gasteiger partial charge is 0.310 e. The summed E-state index contributed by atoms with van der Waals surface area (Å²) in [4.78, 5) is 0. The molecule has 18 heavy (non-hydrogen) atoms. The van der Waals surface area contributed by atoms with Gasteiger partial charge >= 0.3 is 0 Å². The van der Waals surface area contributed by atoms with Crippen LogP contribution in [0.4, 0.5) is 0 Å². The molecule has 0 spiro atoms. The Morgan fingerprint density at radius 3 is 2.94 bits per heavy atom. The van der Waals surface area contributed by atoms with Crippen molar-refractivity contribution in [3.8, 4) is 0 Å². The zero-order valence-electron chi connectivity index (χ0n) is 11.3. The van der Waals surface area contributed by atoms with Gasteiger partial charge in [-0.15, -0.1) is 0 Å². The van der Waals surface area contributed by atoms with E-state index in [0.717, 1.165) is 12.5 Å². The van der Waals surface area contributed by atoms with Crippen molar-refractivity contribution in [3.63, 3.8) is 0 Å². The van der Waals surface area contributed by atoms with Crippen molar-refractivity contribution in [2.24, 2.45) is 0 Å². The summed E-state index contributed by atoms with van der Waals surface area (Å²) < 4.78 is 0. The van der Waals surface area contributed by atoms with Gasteiger partial charge in [0.25, 0.3) is 0 Å². The summed E-state index contributed by atoms with van der Waals surface area (Å²) in [6.45, 7) is 3.39. The van der Waals surface area contributed by atoms with Crippen LogP contribution in [0.3, 0.4) is 0 Å². The van der Waals surface area contributed by atoms with E-state index in [1.165, 1.54) is 32.1 Å². The molecule has 0 saturated heterocycles. The third-order valence-electron chi connectivity index (χ3n) is 4.39. The molecule has 0 saturated carbocycles. The Hall–Kier alpha value is -1.08. The number of allylic oxidation sites excluding steroid dienone is 1. The molecule has 3 rings (SSSR count). The van der Waals surface area contributed by atoms with Crippen LogP contribution in [0.5, 0.6) is 0 Å². The van der Waals surface area contributed by atoms with Crippen molar-refractivity contribution in [1.29, 1.82) is 0 Å². The molecule has 1 aromatic carbocycles. The summed E-state index contributed by atoms with van der Waals surface area (Å²) in [5.74, 6) is 0.720. The quantitative estimate of drug-likeness (QED) is 0.773. The SMILES string of the molecule is CCCNC(C1=CCCC1)C1Cc2ccccc21. The molecule has 1 N–H and O–H groups in total. The second kappa shape index (κ2) is 5.27. The monoisotopic (exact) mass is 241 g/mol. The molecule has 1 aromatic rings. The normalized spacial score (nSPS) is 23.2. The van der Waals surface area contributed by atoms with Gasteiger partial charge in [0.1, 0.15) is 0 Å². The molecule has 2 aliphatic carbocycles. The van der Waals surface area contributed by atoms with E-state index in [1.807, 2.05) is 0 Å². The van der Waals surface area contributed by atoms with Crippen LogP contribution in [0.2, 0.25) is 0 Å². The molecule has 96 valence electrons. The molecule has 0 bridgehead atoms. The molecule has 0 radical (unpaired) electrons. The predicted molar refractivity (Wildman–Crippen MR) is 76.9 cm³/mol. The maximum Gasteiger partial charge on any atom is 0.0351 e. The van der Waals surface area contributed by atoms with Gasteiger partial charge in [0.15, 0.2) is 0 Å². The highest BCUT2D eigenvalue weighted by atomic mass is 14.9. The number of nitrogens with one attached hydrogen (secondary N) is 1. The zero-order chi connectivity index (χ0) is 12.4. The van der Waals surface area contributed by atoms with Crippen molar-refractivity contribution in [1.82, 2.24) is 5.32 Å².